The fourth-order valence-corrected chi connectivity index (χ4v) is 6.13. The highest BCUT2D eigenvalue weighted by molar-refractivity contribution is 6.01. The fraction of sp³-hybridized carbons (Fsp3) is 0.0526. The molecule has 0 fully saturated rings. The summed E-state index contributed by atoms with van der Waals surface area (Å²) in [6, 6.07) is 46.8. The van der Waals surface area contributed by atoms with E-state index in [1.807, 2.05) is 18.2 Å². The Morgan fingerprint density at radius 1 is 0.465 bits per heavy atom. The van der Waals surface area contributed by atoms with Gasteiger partial charge in [0, 0.05) is 28.2 Å². The highest BCUT2D eigenvalue weighted by Crippen LogP contribution is 2.53. The topological polar surface area (TPSA) is 37.2 Å². The van der Waals surface area contributed by atoms with E-state index in [2.05, 4.69) is 153 Å². The van der Waals surface area contributed by atoms with Crippen LogP contribution in [0.3, 0.4) is 0 Å². The third-order valence-electron chi connectivity index (χ3n) is 8.10. The molecule has 2 heterocycles. The van der Waals surface area contributed by atoms with Crippen LogP contribution in [0.1, 0.15) is 12.8 Å². The number of benzene rings is 5. The molecule has 206 valence electrons. The first kappa shape index (κ1) is 25.1. The second-order valence-corrected chi connectivity index (χ2v) is 10.7. The maximum absolute atomic E-state index is 4.72. The molecule has 5 aromatic carbocycles. The molecule has 0 amide bonds. The van der Waals surface area contributed by atoms with E-state index in [9.17, 15) is 0 Å². The van der Waals surface area contributed by atoms with E-state index in [1.165, 1.54) is 5.70 Å². The molecule has 0 bridgehead atoms. The molecule has 0 saturated heterocycles. The average molecular weight is 556 g/mol. The van der Waals surface area contributed by atoms with Crippen molar-refractivity contribution in [2.45, 2.75) is 12.8 Å². The smallest absolute Gasteiger partial charge is 0.168 e. The van der Waals surface area contributed by atoms with Crippen molar-refractivity contribution in [1.29, 1.82) is 0 Å². The van der Waals surface area contributed by atoms with Crippen LogP contribution in [0.15, 0.2) is 152 Å². The normalized spacial score (nSPS) is 13.8. The Hall–Kier alpha value is -5.68. The first-order valence-electron chi connectivity index (χ1n) is 14.7. The zero-order valence-corrected chi connectivity index (χ0v) is 23.6. The van der Waals surface area contributed by atoms with Gasteiger partial charge in [0.25, 0.3) is 0 Å². The summed E-state index contributed by atoms with van der Waals surface area (Å²) in [4.78, 5) is 4.69. The number of para-hydroxylation sites is 5. The Morgan fingerprint density at radius 3 is 1.44 bits per heavy atom. The van der Waals surface area contributed by atoms with Crippen LogP contribution in [0.2, 0.25) is 0 Å². The molecule has 0 radical (unpaired) electrons. The van der Waals surface area contributed by atoms with E-state index in [0.29, 0.717) is 0 Å². The van der Waals surface area contributed by atoms with Crippen LogP contribution in [-0.4, -0.2) is 14.8 Å². The van der Waals surface area contributed by atoms with E-state index in [-0.39, 0.29) is 0 Å². The van der Waals surface area contributed by atoms with E-state index >= 15 is 0 Å². The number of anilines is 6. The Labute approximate surface area is 251 Å². The van der Waals surface area contributed by atoms with Crippen LogP contribution < -0.4 is 9.80 Å². The van der Waals surface area contributed by atoms with Gasteiger partial charge in [0.15, 0.2) is 11.6 Å². The Morgan fingerprint density at radius 2 is 0.930 bits per heavy atom. The fourth-order valence-electron chi connectivity index (χ4n) is 6.13. The molecule has 2 aliphatic rings. The zero-order valence-electron chi connectivity index (χ0n) is 23.6. The molecule has 8 rings (SSSR count). The number of rotatable bonds is 5. The van der Waals surface area contributed by atoms with Gasteiger partial charge in [-0.3, -0.25) is 4.57 Å². The summed E-state index contributed by atoms with van der Waals surface area (Å²) in [6.45, 7) is 0. The van der Waals surface area contributed by atoms with Gasteiger partial charge in [-0.25, -0.2) is 0 Å². The maximum Gasteiger partial charge on any atom is 0.168 e. The minimum Gasteiger partial charge on any atom is -0.306 e. The second kappa shape index (κ2) is 10.6. The van der Waals surface area contributed by atoms with Crippen molar-refractivity contribution in [3.8, 4) is 22.8 Å². The Balaban J connectivity index is 1.23. The van der Waals surface area contributed by atoms with E-state index in [4.69, 9.17) is 5.10 Å². The van der Waals surface area contributed by atoms with Gasteiger partial charge in [-0.05, 0) is 79.6 Å². The third kappa shape index (κ3) is 4.34. The quantitative estimate of drug-likeness (QED) is 0.212. The summed E-state index contributed by atoms with van der Waals surface area (Å²) in [7, 11) is 0. The lowest BCUT2D eigenvalue weighted by Gasteiger charge is -2.40. The minimum atomic E-state index is 0.849. The molecule has 6 aromatic rings. The van der Waals surface area contributed by atoms with Crippen LogP contribution in [0.25, 0.3) is 28.5 Å². The summed E-state index contributed by atoms with van der Waals surface area (Å²) in [5.74, 6) is 1.71. The first-order chi connectivity index (χ1) is 21.4. The van der Waals surface area contributed by atoms with Crippen LogP contribution in [0.4, 0.5) is 34.1 Å². The van der Waals surface area contributed by atoms with Gasteiger partial charge < -0.3 is 9.80 Å². The van der Waals surface area contributed by atoms with Crippen molar-refractivity contribution in [1.82, 2.24) is 14.8 Å². The highest BCUT2D eigenvalue weighted by atomic mass is 15.3. The van der Waals surface area contributed by atoms with Crippen molar-refractivity contribution in [2.24, 2.45) is 0 Å². The predicted molar refractivity (Wildman–Crippen MR) is 176 cm³/mol. The standard InChI is InChI=1S/C38H29N5/c1-4-14-28(15-5-1)37-39-40-38(43(37)31-18-8-3-9-19-31)29-24-26-32(27-25-29)42-35-22-12-10-20-33(35)41(30-16-6-2-7-17-30)34-21-11-13-23-36(34)42/h1-8,10-18,20-27H,9,19H2. The number of nitrogens with zero attached hydrogens (tertiary/aromatic N) is 5. The predicted octanol–water partition coefficient (Wildman–Crippen LogP) is 10.1. The molecule has 0 unspecified atom stereocenters. The number of fused-ring (bicyclic) bond motifs is 2. The Bertz CT molecular complexity index is 1920. The molecule has 0 saturated carbocycles. The molecule has 5 heteroatoms. The number of aromatic nitrogens is 3. The molecule has 5 nitrogen and oxygen atoms in total. The zero-order chi connectivity index (χ0) is 28.6. The van der Waals surface area contributed by atoms with Crippen LogP contribution in [-0.2, 0) is 0 Å². The third-order valence-corrected chi connectivity index (χ3v) is 8.10. The summed E-state index contributed by atoms with van der Waals surface area (Å²) in [5, 5.41) is 9.40. The SMILES string of the molecule is C1=CCCC(n2c(-c3ccccc3)nnc2-c2ccc(N3c4ccccc4N(c4ccccc4)c4ccccc43)cc2)=C1. The minimum absolute atomic E-state index is 0.849. The number of hydrogen-bond donors (Lipinski definition) is 0. The van der Waals surface area contributed by atoms with Gasteiger partial charge in [0.1, 0.15) is 0 Å². The molecule has 1 aliphatic heterocycles. The number of hydrogen-bond acceptors (Lipinski definition) is 4. The molecule has 1 aromatic heterocycles. The molecule has 43 heavy (non-hydrogen) atoms. The van der Waals surface area contributed by atoms with Crippen molar-refractivity contribution in [3.63, 3.8) is 0 Å². The summed E-state index contributed by atoms with van der Waals surface area (Å²) < 4.78 is 2.22. The summed E-state index contributed by atoms with van der Waals surface area (Å²) >= 11 is 0. The first-order valence-corrected chi connectivity index (χ1v) is 14.7. The van der Waals surface area contributed by atoms with E-state index in [1.54, 1.807) is 0 Å². The van der Waals surface area contributed by atoms with Crippen molar-refractivity contribution in [2.75, 3.05) is 9.80 Å². The largest absolute Gasteiger partial charge is 0.306 e. The Kier molecular flexibility index (Phi) is 6.19. The molecule has 0 N–H and O–H groups in total. The average Bonchev–Trinajstić information content (AvgIpc) is 3.54. The lowest BCUT2D eigenvalue weighted by atomic mass is 10.0. The monoisotopic (exact) mass is 555 g/mol. The van der Waals surface area contributed by atoms with Crippen LogP contribution in [0, 0.1) is 0 Å². The molecule has 1 aliphatic carbocycles. The van der Waals surface area contributed by atoms with Gasteiger partial charge in [-0.2, -0.15) is 0 Å². The summed E-state index contributed by atoms with van der Waals surface area (Å²) in [6.07, 6.45) is 8.46. The van der Waals surface area contributed by atoms with Gasteiger partial charge in [-0.15, -0.1) is 10.2 Å². The van der Waals surface area contributed by atoms with Crippen LogP contribution >= 0.6 is 0 Å². The second-order valence-electron chi connectivity index (χ2n) is 10.7. The number of allylic oxidation sites excluding steroid dienone is 4. The molecular weight excluding hydrogens is 526 g/mol. The maximum atomic E-state index is 4.72. The lowest BCUT2D eigenvalue weighted by Crippen LogP contribution is -2.23. The lowest BCUT2D eigenvalue weighted by molar-refractivity contribution is 0.947. The highest BCUT2D eigenvalue weighted by Gasteiger charge is 2.30. The van der Waals surface area contributed by atoms with Crippen LogP contribution in [0.5, 0.6) is 0 Å². The van der Waals surface area contributed by atoms with E-state index < -0.39 is 0 Å². The van der Waals surface area contributed by atoms with E-state index in [0.717, 1.165) is 69.7 Å². The summed E-state index contributed by atoms with van der Waals surface area (Å²) in [5.41, 5.74) is 10.0. The van der Waals surface area contributed by atoms with Gasteiger partial charge in [-0.1, -0.05) is 84.9 Å². The van der Waals surface area contributed by atoms with Crippen molar-refractivity contribution >= 4 is 39.8 Å². The van der Waals surface area contributed by atoms with Gasteiger partial charge in [0.05, 0.1) is 22.7 Å². The molecule has 0 atom stereocenters. The van der Waals surface area contributed by atoms with Crippen molar-refractivity contribution in [3.05, 3.63) is 152 Å². The van der Waals surface area contributed by atoms with Gasteiger partial charge in [0.2, 0.25) is 0 Å². The molecular formula is C38H29N5. The van der Waals surface area contributed by atoms with Gasteiger partial charge >= 0.3 is 0 Å². The molecule has 0 spiro atoms. The van der Waals surface area contributed by atoms with Crippen molar-refractivity contribution < 1.29 is 0 Å².